The average Bonchev–Trinajstić information content (AvgIpc) is 2.51. The molecule has 0 radical (unpaired) electrons. The third-order valence-electron chi connectivity index (χ3n) is 3.90. The largest absolute Gasteiger partial charge is 0.484 e. The number of carbonyl (C=O) groups excluding carboxylic acids is 1. The van der Waals surface area contributed by atoms with E-state index in [1.54, 1.807) is 12.1 Å². The molecule has 1 saturated heterocycles. The number of ether oxygens (including phenoxy) is 1. The van der Waals surface area contributed by atoms with Crippen molar-refractivity contribution in [1.29, 1.82) is 0 Å². The van der Waals surface area contributed by atoms with E-state index in [0.29, 0.717) is 6.54 Å². The lowest BCUT2D eigenvalue weighted by atomic mass is 9.90. The molecule has 0 bridgehead atoms. The van der Waals surface area contributed by atoms with Crippen molar-refractivity contribution in [3.05, 3.63) is 29.8 Å². The van der Waals surface area contributed by atoms with Crippen LogP contribution in [0.1, 0.15) is 31.7 Å². The van der Waals surface area contributed by atoms with E-state index in [9.17, 15) is 18.0 Å². The van der Waals surface area contributed by atoms with Gasteiger partial charge in [-0.3, -0.25) is 4.79 Å². The van der Waals surface area contributed by atoms with Gasteiger partial charge in [0.15, 0.2) is 6.61 Å². The predicted octanol–water partition coefficient (Wildman–Crippen LogP) is 3.20. The highest BCUT2D eigenvalue weighted by atomic mass is 35.5. The van der Waals surface area contributed by atoms with Crippen LogP contribution in [0.4, 0.5) is 13.2 Å². The second-order valence-corrected chi connectivity index (χ2v) is 5.95. The van der Waals surface area contributed by atoms with Crippen molar-refractivity contribution in [2.45, 2.75) is 44.4 Å². The van der Waals surface area contributed by atoms with Gasteiger partial charge in [0.1, 0.15) is 5.75 Å². The summed E-state index contributed by atoms with van der Waals surface area (Å²) in [6, 6.07) is 6.22. The fourth-order valence-corrected chi connectivity index (χ4v) is 2.50. The molecule has 2 N–H and O–H groups in total. The smallest absolute Gasteiger partial charge is 0.422 e. The van der Waals surface area contributed by atoms with E-state index in [0.717, 1.165) is 31.4 Å². The van der Waals surface area contributed by atoms with Gasteiger partial charge < -0.3 is 15.4 Å². The Balaban J connectivity index is 0.00000288. The molecule has 0 aromatic heterocycles. The number of rotatable bonds is 5. The maximum absolute atomic E-state index is 12.2. The van der Waals surface area contributed by atoms with E-state index in [1.807, 2.05) is 6.92 Å². The quantitative estimate of drug-likeness (QED) is 0.841. The van der Waals surface area contributed by atoms with Gasteiger partial charge in [-0.05, 0) is 50.4 Å². The average molecular weight is 367 g/mol. The number of piperidine rings is 1. The topological polar surface area (TPSA) is 50.4 Å². The molecule has 0 aliphatic carbocycles. The Morgan fingerprint density at radius 3 is 2.50 bits per heavy atom. The summed E-state index contributed by atoms with van der Waals surface area (Å²) in [5.41, 5.74) is 0.255. The van der Waals surface area contributed by atoms with Crippen LogP contribution in [0.5, 0.6) is 5.75 Å². The number of halogens is 4. The molecule has 8 heteroatoms. The number of amides is 1. The first-order valence-corrected chi connectivity index (χ1v) is 7.60. The molecule has 1 aliphatic rings. The molecule has 24 heavy (non-hydrogen) atoms. The van der Waals surface area contributed by atoms with Crippen molar-refractivity contribution >= 4 is 18.3 Å². The molecular formula is C16H22ClF3N2O2. The number of hydrogen-bond acceptors (Lipinski definition) is 3. The summed E-state index contributed by atoms with van der Waals surface area (Å²) in [5, 5.41) is 6.10. The minimum absolute atomic E-state index is 0. The summed E-state index contributed by atoms with van der Waals surface area (Å²) in [4.78, 5) is 12.2. The summed E-state index contributed by atoms with van der Waals surface area (Å²) >= 11 is 0. The van der Waals surface area contributed by atoms with E-state index in [1.165, 1.54) is 12.1 Å². The lowest BCUT2D eigenvalue weighted by Crippen LogP contribution is -2.56. The number of carbonyl (C=O) groups is 1. The third-order valence-corrected chi connectivity index (χ3v) is 3.90. The van der Waals surface area contributed by atoms with Crippen LogP contribution >= 0.6 is 12.4 Å². The SMILES string of the molecule is CC1(C(=O)NCc2ccc(OCC(F)(F)F)cc2)CCCCN1.Cl. The lowest BCUT2D eigenvalue weighted by molar-refractivity contribution is -0.153. The zero-order valence-corrected chi connectivity index (χ0v) is 14.2. The summed E-state index contributed by atoms with van der Waals surface area (Å²) in [6.07, 6.45) is -1.47. The number of nitrogens with one attached hydrogen (secondary N) is 2. The van der Waals surface area contributed by atoms with Crippen LogP contribution in [-0.4, -0.2) is 30.8 Å². The van der Waals surface area contributed by atoms with E-state index in [2.05, 4.69) is 15.4 Å². The number of benzene rings is 1. The molecule has 1 atom stereocenters. The van der Waals surface area contributed by atoms with Crippen LogP contribution in [0.2, 0.25) is 0 Å². The maximum atomic E-state index is 12.2. The zero-order chi connectivity index (χ0) is 16.9. The van der Waals surface area contributed by atoms with Crippen molar-refractivity contribution in [2.75, 3.05) is 13.2 Å². The van der Waals surface area contributed by atoms with Crippen LogP contribution in [0, 0.1) is 0 Å². The van der Waals surface area contributed by atoms with Gasteiger partial charge in [0, 0.05) is 6.54 Å². The summed E-state index contributed by atoms with van der Waals surface area (Å²) < 4.78 is 40.8. The fourth-order valence-electron chi connectivity index (χ4n) is 2.50. The van der Waals surface area contributed by atoms with E-state index >= 15 is 0 Å². The Labute approximate surface area is 145 Å². The Bertz CT molecular complexity index is 529. The standard InChI is InChI=1S/C16H21F3N2O2.ClH/c1-15(8-2-3-9-21-15)14(22)20-10-12-4-6-13(7-5-12)23-11-16(17,18)19;/h4-7,21H,2-3,8-11H2,1H3,(H,20,22);1H. The molecule has 0 spiro atoms. The highest BCUT2D eigenvalue weighted by Gasteiger charge is 2.33. The molecule has 1 unspecified atom stereocenters. The first-order valence-electron chi connectivity index (χ1n) is 7.60. The maximum Gasteiger partial charge on any atom is 0.422 e. The molecule has 1 aliphatic heterocycles. The van der Waals surface area contributed by atoms with Gasteiger partial charge in [-0.15, -0.1) is 12.4 Å². The summed E-state index contributed by atoms with van der Waals surface area (Å²) in [6.45, 7) is 1.73. The monoisotopic (exact) mass is 366 g/mol. The van der Waals surface area contributed by atoms with Crippen molar-refractivity contribution in [3.63, 3.8) is 0 Å². The summed E-state index contributed by atoms with van der Waals surface area (Å²) in [7, 11) is 0. The zero-order valence-electron chi connectivity index (χ0n) is 13.4. The normalized spacial score (nSPS) is 20.8. The van der Waals surface area contributed by atoms with Crippen LogP contribution in [0.3, 0.4) is 0 Å². The Kier molecular flexibility index (Phi) is 7.35. The van der Waals surface area contributed by atoms with E-state index < -0.39 is 18.3 Å². The molecule has 1 aromatic rings. The molecule has 1 amide bonds. The second-order valence-electron chi connectivity index (χ2n) is 5.95. The lowest BCUT2D eigenvalue weighted by Gasteiger charge is -2.33. The molecule has 1 heterocycles. The van der Waals surface area contributed by atoms with Gasteiger partial charge in [0.05, 0.1) is 5.54 Å². The Morgan fingerprint density at radius 2 is 1.96 bits per heavy atom. The van der Waals surface area contributed by atoms with Gasteiger partial charge in [-0.25, -0.2) is 0 Å². The summed E-state index contributed by atoms with van der Waals surface area (Å²) in [5.74, 6) is 0.0907. The van der Waals surface area contributed by atoms with Crippen molar-refractivity contribution in [2.24, 2.45) is 0 Å². The van der Waals surface area contributed by atoms with Crippen LogP contribution in [-0.2, 0) is 11.3 Å². The molecule has 1 fully saturated rings. The molecule has 4 nitrogen and oxygen atoms in total. The van der Waals surface area contributed by atoms with Gasteiger partial charge >= 0.3 is 6.18 Å². The first-order chi connectivity index (χ1) is 10.8. The van der Waals surface area contributed by atoms with Crippen molar-refractivity contribution in [1.82, 2.24) is 10.6 Å². The van der Waals surface area contributed by atoms with Crippen LogP contribution in [0.25, 0.3) is 0 Å². The molecule has 1 aromatic carbocycles. The Hall–Kier alpha value is -1.47. The molecule has 136 valence electrons. The van der Waals surface area contributed by atoms with Crippen LogP contribution in [0.15, 0.2) is 24.3 Å². The first kappa shape index (κ1) is 20.6. The van der Waals surface area contributed by atoms with E-state index in [-0.39, 0.29) is 24.1 Å². The van der Waals surface area contributed by atoms with Gasteiger partial charge in [0.25, 0.3) is 0 Å². The fraction of sp³-hybridized carbons (Fsp3) is 0.562. The number of hydrogen-bond donors (Lipinski definition) is 2. The highest BCUT2D eigenvalue weighted by Crippen LogP contribution is 2.20. The molecular weight excluding hydrogens is 345 g/mol. The molecule has 2 rings (SSSR count). The minimum atomic E-state index is -4.35. The third kappa shape index (κ3) is 6.20. The van der Waals surface area contributed by atoms with Crippen molar-refractivity contribution < 1.29 is 22.7 Å². The van der Waals surface area contributed by atoms with Gasteiger partial charge in [-0.2, -0.15) is 13.2 Å². The van der Waals surface area contributed by atoms with Crippen molar-refractivity contribution in [3.8, 4) is 5.75 Å². The van der Waals surface area contributed by atoms with E-state index in [4.69, 9.17) is 0 Å². The Morgan fingerprint density at radius 1 is 1.29 bits per heavy atom. The highest BCUT2D eigenvalue weighted by molar-refractivity contribution is 5.86. The molecule has 0 saturated carbocycles. The van der Waals surface area contributed by atoms with Gasteiger partial charge in [0.2, 0.25) is 5.91 Å². The van der Waals surface area contributed by atoms with Crippen LogP contribution < -0.4 is 15.4 Å². The minimum Gasteiger partial charge on any atom is -0.484 e. The predicted molar refractivity (Wildman–Crippen MR) is 87.3 cm³/mol. The number of alkyl halides is 3. The van der Waals surface area contributed by atoms with Gasteiger partial charge in [-0.1, -0.05) is 12.1 Å². The second kappa shape index (κ2) is 8.58.